The first-order valence-corrected chi connectivity index (χ1v) is 37.6. The molecule has 0 aliphatic carbocycles. The number of hydrogen-bond acceptors (Lipinski definition) is 18. The van der Waals surface area contributed by atoms with Gasteiger partial charge in [-0.2, -0.15) is 0 Å². The highest BCUT2D eigenvalue weighted by atomic mass is 16.2. The van der Waals surface area contributed by atoms with Crippen molar-refractivity contribution >= 4 is 82.7 Å². The van der Waals surface area contributed by atoms with E-state index in [1.54, 1.807) is 44.2 Å². The molecule has 2 rings (SSSR count). The summed E-state index contributed by atoms with van der Waals surface area (Å²) in [4.78, 5) is 192. The fraction of sp³-hybridized carbons (Fsp3) is 0.653. The molecule has 14 amide bonds. The van der Waals surface area contributed by atoms with Crippen molar-refractivity contribution in [2.24, 2.45) is 58.3 Å². The molecule has 0 spiro atoms. The first-order valence-electron chi connectivity index (χ1n) is 37.6. The first kappa shape index (κ1) is 93.9. The number of primary amides is 1. The van der Waals surface area contributed by atoms with E-state index in [0.29, 0.717) is 50.6 Å². The maximum Gasteiger partial charge on any atom is 0.243 e. The summed E-state index contributed by atoms with van der Waals surface area (Å²) < 4.78 is 0. The molecule has 0 aliphatic heterocycles. The number of amides is 14. The molecule has 0 radical (unpaired) electrons. The Balaban J connectivity index is 2.32. The van der Waals surface area contributed by atoms with Crippen LogP contribution in [0.25, 0.3) is 0 Å². The van der Waals surface area contributed by atoms with Crippen LogP contribution in [-0.2, 0) is 80.0 Å². The van der Waals surface area contributed by atoms with Gasteiger partial charge in [-0.1, -0.05) is 130 Å². The van der Waals surface area contributed by atoms with Crippen LogP contribution in [-0.4, -0.2) is 188 Å². The van der Waals surface area contributed by atoms with Gasteiger partial charge in [0.2, 0.25) is 82.7 Å². The molecule has 11 atom stereocenters. The number of carbonyl (C=O) groups excluding carboxylic acids is 14. The number of nitrogens with two attached hydrogens (primary N) is 5. The largest absolute Gasteiger partial charge is 0.368 e. The van der Waals surface area contributed by atoms with Gasteiger partial charge in [0.15, 0.2) is 0 Å². The Labute approximate surface area is 631 Å². The number of unbranched alkanes of at least 4 members (excludes halogenated alkanes) is 3. The van der Waals surface area contributed by atoms with Crippen molar-refractivity contribution < 1.29 is 67.1 Å². The highest BCUT2D eigenvalue weighted by Gasteiger charge is 2.36. The lowest BCUT2D eigenvalue weighted by molar-refractivity contribution is -0.135. The first-order chi connectivity index (χ1) is 50.6. The average molecular weight is 1500 g/mol. The molecule has 0 bridgehead atoms. The van der Waals surface area contributed by atoms with Crippen molar-refractivity contribution in [3.05, 3.63) is 71.8 Å². The Bertz CT molecular complexity index is 3140. The molecule has 2 aromatic carbocycles. The topological polar surface area (TPSA) is 525 Å². The van der Waals surface area contributed by atoms with E-state index in [4.69, 9.17) is 28.7 Å². The number of nitrogens with one attached hydrogen (secondary N) is 13. The fourth-order valence-electron chi connectivity index (χ4n) is 11.5. The fourth-order valence-corrected chi connectivity index (χ4v) is 11.5. The predicted molar refractivity (Wildman–Crippen MR) is 407 cm³/mol. The molecule has 0 aliphatic rings. The average Bonchev–Trinajstić information content (AvgIpc) is 0.890. The summed E-state index contributed by atoms with van der Waals surface area (Å²) in [6.45, 7) is 18.8. The second kappa shape index (κ2) is 51.2. The number of carbonyl (C=O) groups is 14. The zero-order valence-corrected chi connectivity index (χ0v) is 64.7. The van der Waals surface area contributed by atoms with Gasteiger partial charge in [-0.3, -0.25) is 67.1 Å². The van der Waals surface area contributed by atoms with Gasteiger partial charge < -0.3 is 97.8 Å². The molecular weight excluding hydrogens is 1380 g/mol. The van der Waals surface area contributed by atoms with Crippen molar-refractivity contribution in [2.75, 3.05) is 39.3 Å². The number of benzene rings is 2. The number of hydrogen-bond donors (Lipinski definition) is 18. The standard InChI is InChI=1S/C75H126N18O14/c1-44(2)34-56(65(80)97)85-62(94)42-82-68(100)53(28-18-21-31-76)89-70(102)55(30-20-23-33-78)90-74(106)60(38-48(9)10)93-75(107)61(40-51-26-16-13-17-27-51)87-64(96)43-83-69(101)57(35-45(3)4)91-71(103)54(29-19-22-32-77)88-66(98)49(11)84-72(104)59(37-47(7)8)92-73(105)58(36-46(5)6)86-63(95)41-81-67(99)52(79)39-50-24-14-12-15-25-50/h12-17,24-27,44-49,52-61H,18-23,28-43,76-79H2,1-11H3,(H2,80,97)(H,81,99)(H,82,100)(H,83,101)(H,84,104)(H,85,94)(H,86,95)(H,87,96)(H,88,98)(H,89,102)(H,90,106)(H,91,103)(H,92,105)(H,93,107)/t49-,52-,53-,54-,55-,56-,57-,58-,59-,60-,61-/m0/s1. The van der Waals surface area contributed by atoms with Gasteiger partial charge in [0.1, 0.15) is 60.4 Å². The van der Waals surface area contributed by atoms with Gasteiger partial charge in [-0.25, -0.2) is 0 Å². The van der Waals surface area contributed by atoms with Gasteiger partial charge in [0.05, 0.1) is 25.7 Å². The molecule has 0 saturated carbocycles. The van der Waals surface area contributed by atoms with E-state index >= 15 is 0 Å². The van der Waals surface area contributed by atoms with Crippen molar-refractivity contribution in [1.82, 2.24) is 69.1 Å². The summed E-state index contributed by atoms with van der Waals surface area (Å²) >= 11 is 0. The maximum absolute atomic E-state index is 14.6. The van der Waals surface area contributed by atoms with Gasteiger partial charge >= 0.3 is 0 Å². The molecule has 2 aromatic rings. The molecule has 0 saturated heterocycles. The van der Waals surface area contributed by atoms with Crippen LogP contribution in [0.5, 0.6) is 0 Å². The Morgan fingerprint density at radius 2 is 0.570 bits per heavy atom. The third-order valence-corrected chi connectivity index (χ3v) is 17.1. The summed E-state index contributed by atoms with van der Waals surface area (Å²) in [5.74, 6) is -10.8. The molecule has 32 nitrogen and oxygen atoms in total. The van der Waals surface area contributed by atoms with Crippen molar-refractivity contribution in [3.8, 4) is 0 Å². The zero-order chi connectivity index (χ0) is 80.3. The van der Waals surface area contributed by atoms with Crippen LogP contribution in [0.4, 0.5) is 0 Å². The highest BCUT2D eigenvalue weighted by molar-refractivity contribution is 5.99. The van der Waals surface area contributed by atoms with E-state index < -0.39 is 169 Å². The molecule has 107 heavy (non-hydrogen) atoms. The van der Waals surface area contributed by atoms with Crippen LogP contribution < -0.4 is 97.8 Å². The second-order valence-corrected chi connectivity index (χ2v) is 29.5. The quantitative estimate of drug-likeness (QED) is 0.0358. The summed E-state index contributed by atoms with van der Waals surface area (Å²) in [7, 11) is 0. The van der Waals surface area contributed by atoms with Gasteiger partial charge in [0, 0.05) is 6.42 Å². The monoisotopic (exact) mass is 1500 g/mol. The van der Waals surface area contributed by atoms with Crippen molar-refractivity contribution in [1.29, 1.82) is 0 Å². The van der Waals surface area contributed by atoms with E-state index in [1.807, 2.05) is 85.7 Å². The minimum absolute atomic E-state index is 0.0202. The summed E-state index contributed by atoms with van der Waals surface area (Å²) in [6.07, 6.45) is 3.67. The van der Waals surface area contributed by atoms with Gasteiger partial charge in [-0.15, -0.1) is 0 Å². The van der Waals surface area contributed by atoms with Crippen LogP contribution in [0.2, 0.25) is 0 Å². The van der Waals surface area contributed by atoms with E-state index in [2.05, 4.69) is 69.1 Å². The van der Waals surface area contributed by atoms with Crippen LogP contribution in [0.1, 0.15) is 177 Å². The van der Waals surface area contributed by atoms with E-state index in [0.717, 1.165) is 5.56 Å². The molecular formula is C75H126N18O14. The maximum atomic E-state index is 14.6. The minimum Gasteiger partial charge on any atom is -0.368 e. The molecule has 23 N–H and O–H groups in total. The third-order valence-electron chi connectivity index (χ3n) is 17.1. The Kier molecular flexibility index (Phi) is 44.9. The summed E-state index contributed by atoms with van der Waals surface area (Å²) in [6, 6.07) is 4.71. The molecule has 600 valence electrons. The molecule has 0 fully saturated rings. The lowest BCUT2D eigenvalue weighted by Crippen LogP contribution is -2.59. The molecule has 32 heteroatoms. The predicted octanol–water partition coefficient (Wildman–Crippen LogP) is -0.882. The van der Waals surface area contributed by atoms with E-state index in [1.165, 1.54) is 6.92 Å². The number of rotatable bonds is 53. The zero-order valence-electron chi connectivity index (χ0n) is 64.7. The summed E-state index contributed by atoms with van der Waals surface area (Å²) in [5.41, 5.74) is 30.4. The van der Waals surface area contributed by atoms with Crippen LogP contribution >= 0.6 is 0 Å². The molecule has 0 heterocycles. The summed E-state index contributed by atoms with van der Waals surface area (Å²) in [5, 5.41) is 34.5. The smallest absolute Gasteiger partial charge is 0.243 e. The van der Waals surface area contributed by atoms with E-state index in [-0.39, 0.29) is 107 Å². The van der Waals surface area contributed by atoms with Gasteiger partial charge in [-0.05, 0) is 164 Å². The van der Waals surface area contributed by atoms with Crippen molar-refractivity contribution in [2.45, 2.75) is 245 Å². The molecule has 0 unspecified atom stereocenters. The van der Waals surface area contributed by atoms with Crippen LogP contribution in [0, 0.1) is 29.6 Å². The minimum atomic E-state index is -1.35. The normalized spacial score (nSPS) is 14.4. The van der Waals surface area contributed by atoms with E-state index in [9.17, 15) is 67.1 Å². The Morgan fingerprint density at radius 3 is 0.944 bits per heavy atom. The Morgan fingerprint density at radius 1 is 0.299 bits per heavy atom. The Hall–Kier alpha value is -9.14. The molecule has 0 aromatic heterocycles. The SMILES string of the molecule is CC(C)C[C@H](NC(=O)CNC(=O)[C@H](CCCCN)NC(=O)[C@H](CCCCN)NC(=O)[C@H](CC(C)C)NC(=O)[C@H](Cc1ccccc1)NC(=O)CNC(=O)[C@H](CC(C)C)NC(=O)[C@H](CCCCN)NC(=O)[C@H](C)NC(=O)[C@H](CC(C)C)NC(=O)[C@H](CC(C)C)NC(=O)CNC(=O)[C@@H](N)Cc1ccccc1)C(N)=O. The third kappa shape index (κ3) is 39.3. The highest BCUT2D eigenvalue weighted by Crippen LogP contribution is 2.15. The van der Waals surface area contributed by atoms with Crippen LogP contribution in [0.3, 0.4) is 0 Å². The lowest BCUT2D eigenvalue weighted by atomic mass is 9.99. The van der Waals surface area contributed by atoms with Gasteiger partial charge in [0.25, 0.3) is 0 Å². The lowest BCUT2D eigenvalue weighted by Gasteiger charge is -2.28. The van der Waals surface area contributed by atoms with Crippen LogP contribution in [0.15, 0.2) is 60.7 Å². The van der Waals surface area contributed by atoms with Crippen molar-refractivity contribution in [3.63, 3.8) is 0 Å². The second-order valence-electron chi connectivity index (χ2n) is 29.5.